The van der Waals surface area contributed by atoms with Crippen LogP contribution in [0.3, 0.4) is 0 Å². The van der Waals surface area contributed by atoms with Crippen molar-refractivity contribution in [1.82, 2.24) is 25.2 Å². The predicted molar refractivity (Wildman–Crippen MR) is 101 cm³/mol. The van der Waals surface area contributed by atoms with Crippen LogP contribution in [0.15, 0.2) is 30.5 Å². The Morgan fingerprint density at radius 3 is 2.81 bits per heavy atom. The third kappa shape index (κ3) is 4.13. The Bertz CT molecular complexity index is 876. The van der Waals surface area contributed by atoms with Crippen molar-refractivity contribution in [3.8, 4) is 5.69 Å². The summed E-state index contributed by atoms with van der Waals surface area (Å²) in [5.74, 6) is -0.272. The molecule has 1 aliphatic heterocycles. The van der Waals surface area contributed by atoms with Crippen LogP contribution in [0.25, 0.3) is 11.3 Å². The molecular formula is C18H20FN5OS. The van der Waals surface area contributed by atoms with E-state index in [1.54, 1.807) is 31.0 Å². The second kappa shape index (κ2) is 7.74. The Labute approximate surface area is 156 Å². The van der Waals surface area contributed by atoms with Gasteiger partial charge in [0, 0.05) is 31.6 Å². The number of nitrogens with zero attached hydrogens (tertiary/aromatic N) is 4. The van der Waals surface area contributed by atoms with E-state index in [1.807, 2.05) is 12.1 Å². The smallest absolute Gasteiger partial charge is 0.219 e. The van der Waals surface area contributed by atoms with E-state index in [9.17, 15) is 9.18 Å². The molecule has 1 aromatic carbocycles. The lowest BCUT2D eigenvalue weighted by Crippen LogP contribution is -2.32. The molecular weight excluding hydrogens is 353 g/mol. The molecule has 0 saturated heterocycles. The van der Waals surface area contributed by atoms with Gasteiger partial charge in [0.1, 0.15) is 11.5 Å². The third-order valence-corrected chi connectivity index (χ3v) is 4.42. The van der Waals surface area contributed by atoms with Crippen LogP contribution >= 0.6 is 12.2 Å². The zero-order valence-electron chi connectivity index (χ0n) is 14.7. The van der Waals surface area contributed by atoms with Crippen molar-refractivity contribution in [2.45, 2.75) is 26.8 Å². The van der Waals surface area contributed by atoms with Crippen LogP contribution in [0, 0.1) is 5.82 Å². The molecule has 2 heterocycles. The summed E-state index contributed by atoms with van der Waals surface area (Å²) in [5, 5.41) is 11.1. The van der Waals surface area contributed by atoms with E-state index in [2.05, 4.69) is 15.6 Å². The highest BCUT2D eigenvalue weighted by atomic mass is 32.1. The van der Waals surface area contributed by atoms with Crippen LogP contribution in [0.2, 0.25) is 0 Å². The minimum Gasteiger partial charge on any atom is -0.374 e. The van der Waals surface area contributed by atoms with Gasteiger partial charge in [-0.2, -0.15) is 0 Å². The van der Waals surface area contributed by atoms with Gasteiger partial charge in [0.25, 0.3) is 0 Å². The molecule has 0 aliphatic carbocycles. The molecule has 0 spiro atoms. The van der Waals surface area contributed by atoms with Crippen molar-refractivity contribution in [3.63, 3.8) is 0 Å². The molecule has 0 radical (unpaired) electrons. The normalized spacial score (nSPS) is 14.1. The molecule has 0 atom stereocenters. The number of halogens is 1. The number of benzene rings is 1. The number of hydrogen-bond donors (Lipinski definition) is 1. The van der Waals surface area contributed by atoms with Crippen LogP contribution in [0.1, 0.15) is 31.5 Å². The lowest BCUT2D eigenvalue weighted by Gasteiger charge is -2.25. The molecule has 1 amide bonds. The summed E-state index contributed by atoms with van der Waals surface area (Å²) >= 11 is 4.97. The fourth-order valence-corrected chi connectivity index (χ4v) is 2.90. The topological polar surface area (TPSA) is 63.1 Å². The number of nitrogens with one attached hydrogen (secondary N) is 1. The fraction of sp³-hybridized carbons (Fsp3) is 0.333. The van der Waals surface area contributed by atoms with E-state index >= 15 is 0 Å². The molecule has 2 aromatic rings. The molecule has 0 unspecified atom stereocenters. The molecule has 1 N–H and O–H groups in total. The number of amides is 1. The molecule has 26 heavy (non-hydrogen) atoms. The van der Waals surface area contributed by atoms with Gasteiger partial charge >= 0.3 is 0 Å². The Kier molecular flexibility index (Phi) is 5.41. The highest BCUT2D eigenvalue weighted by molar-refractivity contribution is 7.80. The van der Waals surface area contributed by atoms with Gasteiger partial charge in [0.05, 0.1) is 23.4 Å². The van der Waals surface area contributed by atoms with Gasteiger partial charge in [-0.25, -0.2) is 9.07 Å². The Morgan fingerprint density at radius 1 is 1.38 bits per heavy atom. The van der Waals surface area contributed by atoms with Gasteiger partial charge in [-0.3, -0.25) is 4.79 Å². The quantitative estimate of drug-likeness (QED) is 0.835. The van der Waals surface area contributed by atoms with Gasteiger partial charge in [0.2, 0.25) is 5.91 Å². The highest BCUT2D eigenvalue weighted by Gasteiger charge is 2.17. The maximum Gasteiger partial charge on any atom is 0.219 e. The van der Waals surface area contributed by atoms with Crippen LogP contribution in [0.4, 0.5) is 4.39 Å². The Morgan fingerprint density at radius 2 is 2.19 bits per heavy atom. The number of carbonyl (C=O) groups excluding carboxylic acids is 1. The van der Waals surface area contributed by atoms with Gasteiger partial charge in [-0.1, -0.05) is 23.5 Å². The number of thiocarbonyl (C=S) groups is 1. The maximum absolute atomic E-state index is 14.6. The third-order valence-electron chi connectivity index (χ3n) is 4.28. The van der Waals surface area contributed by atoms with Crippen molar-refractivity contribution < 1.29 is 9.18 Å². The van der Waals surface area contributed by atoms with Gasteiger partial charge in [-0.15, -0.1) is 5.10 Å². The molecule has 136 valence electrons. The van der Waals surface area contributed by atoms with Gasteiger partial charge < -0.3 is 10.2 Å². The van der Waals surface area contributed by atoms with Crippen molar-refractivity contribution in [1.29, 1.82) is 0 Å². The molecule has 0 bridgehead atoms. The summed E-state index contributed by atoms with van der Waals surface area (Å²) in [6.45, 7) is 4.95. The first-order valence-corrected chi connectivity index (χ1v) is 8.75. The van der Waals surface area contributed by atoms with E-state index in [0.717, 1.165) is 11.3 Å². The van der Waals surface area contributed by atoms with Crippen LogP contribution in [-0.4, -0.2) is 43.9 Å². The average molecular weight is 373 g/mol. The largest absolute Gasteiger partial charge is 0.374 e. The number of rotatable bonds is 4. The van der Waals surface area contributed by atoms with Crippen LogP contribution in [-0.2, 0) is 11.3 Å². The van der Waals surface area contributed by atoms with Crippen molar-refractivity contribution in [3.05, 3.63) is 47.5 Å². The molecule has 6 nitrogen and oxygen atoms in total. The molecule has 1 aliphatic rings. The van der Waals surface area contributed by atoms with Crippen LogP contribution < -0.4 is 5.32 Å². The number of hydrogen-bond acceptors (Lipinski definition) is 4. The second-order valence-electron chi connectivity index (χ2n) is 6.17. The van der Waals surface area contributed by atoms with E-state index in [1.165, 1.54) is 10.7 Å². The molecule has 0 fully saturated rings. The van der Waals surface area contributed by atoms with Gasteiger partial charge in [-0.05, 0) is 31.1 Å². The average Bonchev–Trinajstić information content (AvgIpc) is 3.09. The lowest BCUT2D eigenvalue weighted by atomic mass is 9.98. The summed E-state index contributed by atoms with van der Waals surface area (Å²) in [6.07, 6.45) is 4.30. The zero-order chi connectivity index (χ0) is 18.7. The SMILES string of the molecule is CC(=O)N1CC=C(c2ccc(-n3cc(CNC(C)=S)nn3)cc2F)CC1. The first-order valence-electron chi connectivity index (χ1n) is 8.34. The summed E-state index contributed by atoms with van der Waals surface area (Å²) < 4.78 is 16.2. The Hall–Kier alpha value is -2.61. The van der Waals surface area contributed by atoms with Crippen LogP contribution in [0.5, 0.6) is 0 Å². The highest BCUT2D eigenvalue weighted by Crippen LogP contribution is 2.26. The number of aromatic nitrogens is 3. The predicted octanol–water partition coefficient (Wildman–Crippen LogP) is 2.48. The summed E-state index contributed by atoms with van der Waals surface area (Å²) in [7, 11) is 0. The standard InChI is InChI=1S/C18H20FN5OS/c1-12(26)20-10-15-11-24(22-21-15)16-3-4-17(18(19)9-16)14-5-7-23(8-6-14)13(2)25/h3-5,9,11H,6-8,10H2,1-2H3,(H,20,26). The molecule has 1 aromatic heterocycles. The van der Waals surface area contributed by atoms with E-state index < -0.39 is 0 Å². The minimum absolute atomic E-state index is 0.0384. The van der Waals surface area contributed by atoms with Gasteiger partial charge in [0.15, 0.2) is 0 Å². The summed E-state index contributed by atoms with van der Waals surface area (Å²) in [5.41, 5.74) is 2.81. The molecule has 3 rings (SSSR count). The van der Waals surface area contributed by atoms with E-state index in [-0.39, 0.29) is 11.7 Å². The minimum atomic E-state index is -0.310. The number of carbonyl (C=O) groups is 1. The first kappa shape index (κ1) is 18.2. The summed E-state index contributed by atoms with van der Waals surface area (Å²) in [4.78, 5) is 13.8. The van der Waals surface area contributed by atoms with E-state index in [0.29, 0.717) is 42.3 Å². The van der Waals surface area contributed by atoms with E-state index in [4.69, 9.17) is 12.2 Å². The van der Waals surface area contributed by atoms with Crippen molar-refractivity contribution in [2.24, 2.45) is 0 Å². The first-order chi connectivity index (χ1) is 12.4. The molecule has 0 saturated carbocycles. The summed E-state index contributed by atoms with van der Waals surface area (Å²) in [6, 6.07) is 5.01. The Balaban J connectivity index is 1.76. The second-order valence-corrected chi connectivity index (χ2v) is 6.79. The monoisotopic (exact) mass is 373 g/mol. The lowest BCUT2D eigenvalue weighted by molar-refractivity contribution is -0.128. The van der Waals surface area contributed by atoms with Crippen molar-refractivity contribution >= 4 is 28.7 Å². The molecule has 8 heteroatoms. The zero-order valence-corrected chi connectivity index (χ0v) is 15.5. The van der Waals surface area contributed by atoms with Crippen molar-refractivity contribution in [2.75, 3.05) is 13.1 Å². The fourth-order valence-electron chi connectivity index (χ4n) is 2.83. The maximum atomic E-state index is 14.6.